The quantitative estimate of drug-likeness (QED) is 0.882. The highest BCUT2D eigenvalue weighted by Gasteiger charge is 2.06. The fraction of sp³-hybridized carbons (Fsp3) is 0.500. The van der Waals surface area contributed by atoms with Gasteiger partial charge in [-0.3, -0.25) is 0 Å². The minimum atomic E-state index is 0.717. The van der Waals surface area contributed by atoms with E-state index in [0.717, 1.165) is 29.0 Å². The van der Waals surface area contributed by atoms with E-state index in [1.165, 1.54) is 4.88 Å². The van der Waals surface area contributed by atoms with Gasteiger partial charge in [0.1, 0.15) is 17.0 Å². The lowest BCUT2D eigenvalue weighted by atomic mass is 10.1. The molecule has 0 saturated carbocycles. The largest absolute Gasteiger partial charge is 0.369 e. The molecule has 2 heterocycles. The van der Waals surface area contributed by atoms with Gasteiger partial charge in [0.25, 0.3) is 0 Å². The van der Waals surface area contributed by atoms with Crippen LogP contribution in [0.2, 0.25) is 0 Å². The van der Waals surface area contributed by atoms with Crippen molar-refractivity contribution in [1.29, 1.82) is 0 Å². The molecule has 0 bridgehead atoms. The molecule has 0 aliphatic heterocycles. The van der Waals surface area contributed by atoms with Crippen LogP contribution in [-0.2, 0) is 0 Å². The van der Waals surface area contributed by atoms with E-state index in [0.29, 0.717) is 5.92 Å². The van der Waals surface area contributed by atoms with Crippen molar-refractivity contribution in [3.05, 3.63) is 17.3 Å². The Morgan fingerprint density at radius 3 is 2.94 bits per heavy atom. The summed E-state index contributed by atoms with van der Waals surface area (Å²) in [6.07, 6.45) is 2.80. The first kappa shape index (κ1) is 11.3. The van der Waals surface area contributed by atoms with Crippen molar-refractivity contribution in [3.8, 4) is 0 Å². The summed E-state index contributed by atoms with van der Waals surface area (Å²) in [6.45, 7) is 7.53. The van der Waals surface area contributed by atoms with E-state index < -0.39 is 0 Å². The number of aryl methyl sites for hydroxylation is 1. The normalized spacial score (nSPS) is 11.2. The molecule has 2 aromatic heterocycles. The summed E-state index contributed by atoms with van der Waals surface area (Å²) in [4.78, 5) is 10.9. The third-order valence-electron chi connectivity index (χ3n) is 2.47. The molecule has 2 rings (SSSR count). The number of aromatic nitrogens is 2. The first-order valence-corrected chi connectivity index (χ1v) is 6.43. The Hall–Kier alpha value is -1.16. The van der Waals surface area contributed by atoms with Gasteiger partial charge in [-0.15, -0.1) is 11.3 Å². The molecule has 16 heavy (non-hydrogen) atoms. The van der Waals surface area contributed by atoms with Gasteiger partial charge in [0, 0.05) is 11.4 Å². The van der Waals surface area contributed by atoms with Gasteiger partial charge in [0.15, 0.2) is 0 Å². The maximum atomic E-state index is 4.30. The van der Waals surface area contributed by atoms with Crippen molar-refractivity contribution in [1.82, 2.24) is 9.97 Å². The van der Waals surface area contributed by atoms with E-state index in [-0.39, 0.29) is 0 Å². The van der Waals surface area contributed by atoms with Gasteiger partial charge >= 0.3 is 0 Å². The molecule has 0 aliphatic carbocycles. The summed E-state index contributed by atoms with van der Waals surface area (Å²) in [7, 11) is 0. The Bertz CT molecular complexity index is 476. The number of thiophene rings is 1. The zero-order valence-corrected chi connectivity index (χ0v) is 10.8. The van der Waals surface area contributed by atoms with Crippen molar-refractivity contribution < 1.29 is 0 Å². The lowest BCUT2D eigenvalue weighted by Gasteiger charge is -2.07. The van der Waals surface area contributed by atoms with Crippen molar-refractivity contribution in [2.75, 3.05) is 11.9 Å². The molecule has 86 valence electrons. The van der Waals surface area contributed by atoms with Gasteiger partial charge < -0.3 is 5.32 Å². The lowest BCUT2D eigenvalue weighted by molar-refractivity contribution is 0.607. The number of nitrogens with zero attached hydrogens (tertiary/aromatic N) is 2. The van der Waals surface area contributed by atoms with Crippen molar-refractivity contribution in [3.63, 3.8) is 0 Å². The molecule has 0 spiro atoms. The van der Waals surface area contributed by atoms with E-state index in [1.807, 2.05) is 0 Å². The first-order chi connectivity index (χ1) is 7.66. The summed E-state index contributed by atoms with van der Waals surface area (Å²) >= 11 is 1.71. The maximum absolute atomic E-state index is 4.30. The molecular formula is C12H17N3S. The first-order valence-electron chi connectivity index (χ1n) is 5.62. The number of hydrogen-bond acceptors (Lipinski definition) is 4. The van der Waals surface area contributed by atoms with Gasteiger partial charge in [-0.05, 0) is 25.3 Å². The minimum Gasteiger partial charge on any atom is -0.369 e. The average molecular weight is 235 g/mol. The monoisotopic (exact) mass is 235 g/mol. The predicted molar refractivity (Wildman–Crippen MR) is 70.1 cm³/mol. The number of fused-ring (bicyclic) bond motifs is 1. The summed E-state index contributed by atoms with van der Waals surface area (Å²) in [5, 5.41) is 4.53. The van der Waals surface area contributed by atoms with Crippen LogP contribution in [0.5, 0.6) is 0 Å². The maximum Gasteiger partial charge on any atom is 0.138 e. The van der Waals surface area contributed by atoms with Crippen molar-refractivity contribution in [2.24, 2.45) is 5.92 Å². The molecule has 0 unspecified atom stereocenters. The fourth-order valence-corrected chi connectivity index (χ4v) is 2.44. The van der Waals surface area contributed by atoms with E-state index in [4.69, 9.17) is 0 Å². The van der Waals surface area contributed by atoms with Crippen LogP contribution in [0, 0.1) is 12.8 Å². The SMILES string of the molecule is Cc1cc2c(NCCC(C)C)ncnc2s1. The van der Waals surface area contributed by atoms with Crippen LogP contribution in [0.3, 0.4) is 0 Å². The highest BCUT2D eigenvalue weighted by atomic mass is 32.1. The summed E-state index contributed by atoms with van der Waals surface area (Å²) < 4.78 is 0. The molecule has 0 amide bonds. The van der Waals surface area contributed by atoms with E-state index in [9.17, 15) is 0 Å². The van der Waals surface area contributed by atoms with Crippen molar-refractivity contribution >= 4 is 27.4 Å². The fourth-order valence-electron chi connectivity index (χ4n) is 1.60. The Morgan fingerprint density at radius 2 is 2.19 bits per heavy atom. The molecular weight excluding hydrogens is 218 g/mol. The van der Waals surface area contributed by atoms with Crippen LogP contribution in [-0.4, -0.2) is 16.5 Å². The van der Waals surface area contributed by atoms with Gasteiger partial charge in [0.05, 0.1) is 5.39 Å². The second-order valence-electron chi connectivity index (χ2n) is 4.41. The summed E-state index contributed by atoms with van der Waals surface area (Å²) in [6, 6.07) is 2.15. The van der Waals surface area contributed by atoms with E-state index >= 15 is 0 Å². The second kappa shape index (κ2) is 4.78. The smallest absolute Gasteiger partial charge is 0.138 e. The number of nitrogens with one attached hydrogen (secondary N) is 1. The molecule has 0 saturated heterocycles. The highest BCUT2D eigenvalue weighted by Crippen LogP contribution is 2.27. The summed E-state index contributed by atoms with van der Waals surface area (Å²) in [5.41, 5.74) is 0. The number of rotatable bonds is 4. The average Bonchev–Trinajstić information content (AvgIpc) is 2.58. The van der Waals surface area contributed by atoms with Crippen LogP contribution in [0.15, 0.2) is 12.4 Å². The van der Waals surface area contributed by atoms with Gasteiger partial charge in [-0.1, -0.05) is 13.8 Å². The standard InChI is InChI=1S/C12H17N3S/c1-8(2)4-5-13-11-10-6-9(3)16-12(10)15-7-14-11/h6-8H,4-5H2,1-3H3,(H,13,14,15). The van der Waals surface area contributed by atoms with Crippen LogP contribution in [0.1, 0.15) is 25.1 Å². The number of hydrogen-bond donors (Lipinski definition) is 1. The molecule has 3 nitrogen and oxygen atoms in total. The zero-order valence-electron chi connectivity index (χ0n) is 9.95. The molecule has 0 radical (unpaired) electrons. The molecule has 1 N–H and O–H groups in total. The topological polar surface area (TPSA) is 37.8 Å². The lowest BCUT2D eigenvalue weighted by Crippen LogP contribution is -2.06. The van der Waals surface area contributed by atoms with Crippen LogP contribution >= 0.6 is 11.3 Å². The van der Waals surface area contributed by atoms with Crippen molar-refractivity contribution in [2.45, 2.75) is 27.2 Å². The van der Waals surface area contributed by atoms with Crippen LogP contribution in [0.25, 0.3) is 10.2 Å². The van der Waals surface area contributed by atoms with Crippen LogP contribution < -0.4 is 5.32 Å². The molecule has 0 aromatic carbocycles. The molecule has 2 aromatic rings. The minimum absolute atomic E-state index is 0.717. The molecule has 0 atom stereocenters. The molecule has 0 aliphatic rings. The van der Waals surface area contributed by atoms with Crippen LogP contribution in [0.4, 0.5) is 5.82 Å². The molecule has 0 fully saturated rings. The number of anilines is 1. The van der Waals surface area contributed by atoms with E-state index in [1.54, 1.807) is 17.7 Å². The highest BCUT2D eigenvalue weighted by molar-refractivity contribution is 7.18. The van der Waals surface area contributed by atoms with Gasteiger partial charge in [0.2, 0.25) is 0 Å². The van der Waals surface area contributed by atoms with Gasteiger partial charge in [-0.2, -0.15) is 0 Å². The van der Waals surface area contributed by atoms with E-state index in [2.05, 4.69) is 42.1 Å². The molecule has 4 heteroatoms. The Labute approximate surface area is 99.9 Å². The second-order valence-corrected chi connectivity index (χ2v) is 5.64. The Balaban J connectivity index is 2.17. The third kappa shape index (κ3) is 2.50. The van der Waals surface area contributed by atoms with Gasteiger partial charge in [-0.25, -0.2) is 9.97 Å². The summed E-state index contributed by atoms with van der Waals surface area (Å²) in [5.74, 6) is 1.68. The predicted octanol–water partition coefficient (Wildman–Crippen LogP) is 3.46. The zero-order chi connectivity index (χ0) is 11.5. The Kier molecular flexibility index (Phi) is 3.39. The Morgan fingerprint density at radius 1 is 1.38 bits per heavy atom. The third-order valence-corrected chi connectivity index (χ3v) is 3.43.